The number of fused-ring (bicyclic) bond motifs is 1. The third-order valence-corrected chi connectivity index (χ3v) is 12.1. The molecule has 0 fully saturated rings. The first-order chi connectivity index (χ1) is 35.3. The predicted octanol–water partition coefficient (Wildman–Crippen LogP) is -3.34. The van der Waals surface area contributed by atoms with E-state index in [2.05, 4.69) is 42.2 Å². The molecule has 26 nitrogen and oxygen atoms in total. The number of hydrogen-bond donors (Lipinski definition) is 15. The van der Waals surface area contributed by atoms with Gasteiger partial charge in [0.1, 0.15) is 48.0 Å². The number of carbonyl (C=O) groups is 11. The molecule has 0 aliphatic carbocycles. The Balaban J connectivity index is 1.93. The summed E-state index contributed by atoms with van der Waals surface area (Å²) in [5, 5.41) is 47.3. The highest BCUT2D eigenvalue weighted by atomic mass is 32.2. The van der Waals surface area contributed by atoms with Crippen LogP contribution in [0.3, 0.4) is 0 Å². The van der Waals surface area contributed by atoms with Gasteiger partial charge < -0.3 is 80.5 Å². The molecule has 0 saturated heterocycles. The highest BCUT2D eigenvalue weighted by Crippen LogP contribution is 2.20. The molecule has 1 aromatic heterocycles. The second kappa shape index (κ2) is 29.8. The maximum atomic E-state index is 14.4. The van der Waals surface area contributed by atoms with Crippen molar-refractivity contribution in [3.05, 3.63) is 65.9 Å². The number of carboxylic acid groups (broad SMARTS) is 1. The number of nitrogens with one attached hydrogen (secondary N) is 8. The number of phenolic OH excluding ortho intramolecular Hbond substituents is 1. The van der Waals surface area contributed by atoms with E-state index in [0.29, 0.717) is 22.0 Å². The summed E-state index contributed by atoms with van der Waals surface area (Å²) in [5.74, 6) is -11.8. The Morgan fingerprint density at radius 3 is 1.60 bits per heavy atom. The molecular formula is C48H68N12O14S. The SMILES string of the molecule is CSCC[C@H](NC(=O)[C@H](CCC(N)=O)NC(=O)[C@H](CC(N)=O)NC(=O)[C@H](Cc1c[nH]c2ccccc12)NC(=O)[C@@H](NC(=O)[C@@H](N)Cc1ccc(O)cc1)[C@@H](C)O)C(=O)N[C@@H](CC(N)=O)C(=O)N[C@@H](CC(C)C)C(=O)O. The minimum absolute atomic E-state index is 0.00171. The summed E-state index contributed by atoms with van der Waals surface area (Å²) in [6, 6.07) is 0.0945. The molecule has 27 heteroatoms. The molecule has 0 radical (unpaired) electrons. The number of amides is 10. The zero-order chi connectivity index (χ0) is 56.1. The molecule has 0 unspecified atom stereocenters. The highest BCUT2D eigenvalue weighted by molar-refractivity contribution is 7.98. The summed E-state index contributed by atoms with van der Waals surface area (Å²) < 4.78 is 0. The highest BCUT2D eigenvalue weighted by Gasteiger charge is 2.36. The molecule has 0 aliphatic heterocycles. The zero-order valence-corrected chi connectivity index (χ0v) is 42.7. The van der Waals surface area contributed by atoms with Gasteiger partial charge in [0, 0.05) is 29.9 Å². The van der Waals surface area contributed by atoms with Gasteiger partial charge in [0.05, 0.1) is 25.0 Å². The van der Waals surface area contributed by atoms with Crippen LogP contribution in [-0.4, -0.2) is 152 Å². The Bertz CT molecular complexity index is 2520. The number of aliphatic hydroxyl groups excluding tert-OH is 1. The molecule has 0 aliphatic rings. The topological polar surface area (TPSA) is 453 Å². The van der Waals surface area contributed by atoms with Gasteiger partial charge in [-0.15, -0.1) is 0 Å². The quantitative estimate of drug-likeness (QED) is 0.0291. The largest absolute Gasteiger partial charge is 0.508 e. The molecule has 3 aromatic rings. The number of aromatic nitrogens is 1. The molecular weight excluding hydrogens is 1000 g/mol. The second-order valence-electron chi connectivity index (χ2n) is 18.2. The molecule has 0 saturated carbocycles. The van der Waals surface area contributed by atoms with Crippen molar-refractivity contribution in [1.82, 2.24) is 42.2 Å². The molecule has 1 heterocycles. The van der Waals surface area contributed by atoms with E-state index in [-0.39, 0.29) is 43.1 Å². The Morgan fingerprint density at radius 1 is 0.600 bits per heavy atom. The van der Waals surface area contributed by atoms with Crippen LogP contribution < -0.4 is 60.2 Å². The average molecular weight is 1070 g/mol. The Morgan fingerprint density at radius 2 is 1.09 bits per heavy atom. The number of aromatic amines is 1. The fourth-order valence-corrected chi connectivity index (χ4v) is 8.04. The van der Waals surface area contributed by atoms with E-state index in [0.717, 1.165) is 0 Å². The van der Waals surface area contributed by atoms with E-state index >= 15 is 0 Å². The molecule has 0 spiro atoms. The van der Waals surface area contributed by atoms with Crippen molar-refractivity contribution in [3.63, 3.8) is 0 Å². The fraction of sp³-hybridized carbons (Fsp3) is 0.479. The summed E-state index contributed by atoms with van der Waals surface area (Å²) >= 11 is 1.25. The number of carbonyl (C=O) groups excluding carboxylic acids is 10. The maximum Gasteiger partial charge on any atom is 0.326 e. The number of phenols is 1. The lowest BCUT2D eigenvalue weighted by molar-refractivity contribution is -0.143. The van der Waals surface area contributed by atoms with Crippen LogP contribution in [0, 0.1) is 5.92 Å². The van der Waals surface area contributed by atoms with Crippen molar-refractivity contribution in [2.75, 3.05) is 12.0 Å². The number of carboxylic acids is 1. The van der Waals surface area contributed by atoms with E-state index in [1.165, 1.54) is 43.0 Å². The molecule has 19 N–H and O–H groups in total. The van der Waals surface area contributed by atoms with E-state index < -0.39 is 145 Å². The smallest absolute Gasteiger partial charge is 0.326 e. The van der Waals surface area contributed by atoms with Crippen LogP contribution in [0.2, 0.25) is 0 Å². The first kappa shape index (κ1) is 61.5. The number of benzene rings is 2. The van der Waals surface area contributed by atoms with Crippen molar-refractivity contribution in [3.8, 4) is 5.75 Å². The third-order valence-electron chi connectivity index (χ3n) is 11.5. The number of rotatable bonds is 32. The van der Waals surface area contributed by atoms with E-state index in [4.69, 9.17) is 22.9 Å². The Hall–Kier alpha value is -7.78. The van der Waals surface area contributed by atoms with Gasteiger partial charge in [-0.3, -0.25) is 47.9 Å². The van der Waals surface area contributed by atoms with E-state index in [9.17, 15) is 68.1 Å². The minimum Gasteiger partial charge on any atom is -0.508 e. The van der Waals surface area contributed by atoms with Crippen LogP contribution in [0.4, 0.5) is 0 Å². The molecule has 0 bridgehead atoms. The molecule has 9 atom stereocenters. The monoisotopic (exact) mass is 1070 g/mol. The molecule has 3 rings (SSSR count). The van der Waals surface area contributed by atoms with Gasteiger partial charge in [0.2, 0.25) is 59.1 Å². The fourth-order valence-electron chi connectivity index (χ4n) is 7.57. The van der Waals surface area contributed by atoms with E-state index in [1.807, 2.05) is 0 Å². The van der Waals surface area contributed by atoms with Gasteiger partial charge in [-0.2, -0.15) is 11.8 Å². The summed E-state index contributed by atoms with van der Waals surface area (Å²) in [5.41, 5.74) is 24.1. The number of aliphatic carboxylic acids is 1. The average Bonchev–Trinajstić information content (AvgIpc) is 3.74. The number of thioether (sulfide) groups is 1. The summed E-state index contributed by atoms with van der Waals surface area (Å²) in [6.45, 7) is 4.63. The lowest BCUT2D eigenvalue weighted by atomic mass is 10.0. The first-order valence-electron chi connectivity index (χ1n) is 23.8. The van der Waals surface area contributed by atoms with Crippen LogP contribution in [-0.2, 0) is 65.6 Å². The maximum absolute atomic E-state index is 14.4. The number of primary amides is 3. The third kappa shape index (κ3) is 20.6. The van der Waals surface area contributed by atoms with Gasteiger partial charge in [-0.05, 0) is 79.9 Å². The van der Waals surface area contributed by atoms with Crippen molar-refractivity contribution in [1.29, 1.82) is 0 Å². The van der Waals surface area contributed by atoms with Crippen LogP contribution >= 0.6 is 11.8 Å². The van der Waals surface area contributed by atoms with Gasteiger partial charge in [-0.25, -0.2) is 4.79 Å². The van der Waals surface area contributed by atoms with Gasteiger partial charge in [0.25, 0.3) is 0 Å². The van der Waals surface area contributed by atoms with Gasteiger partial charge in [-0.1, -0.05) is 44.2 Å². The lowest BCUT2D eigenvalue weighted by Crippen LogP contribution is -2.62. The van der Waals surface area contributed by atoms with Gasteiger partial charge in [0.15, 0.2) is 0 Å². The molecule has 410 valence electrons. The minimum atomic E-state index is -1.87. The molecule has 2 aromatic carbocycles. The van der Waals surface area contributed by atoms with Crippen LogP contribution in [0.25, 0.3) is 10.9 Å². The van der Waals surface area contributed by atoms with Crippen LogP contribution in [0.15, 0.2) is 54.7 Å². The number of nitrogens with two attached hydrogens (primary N) is 4. The standard InChI is InChI=1S/C48H68N12O14S/c1-23(2)17-36(48(73)74)59-46(71)35(21-39(52)65)56-43(68)32(15-16-75-4)55-42(67)31(13-14-37(50)63)54-45(70)34(20-38(51)64)57-44(69)33(19-26-22-53-30-8-6-5-7-28(26)30)58-47(72)40(24(3)61)60-41(66)29(49)18-25-9-11-27(62)12-10-25/h5-12,22-24,29,31-36,40,53,61-62H,13-21,49H2,1-4H3,(H2,50,63)(H2,51,64)(H2,52,65)(H,54,70)(H,55,67)(H,56,68)(H,57,69)(H,58,72)(H,59,71)(H,60,66)(H,73,74)/t24-,29+,31+,32+,33+,34+,35+,36+,40+/m1/s1. The van der Waals surface area contributed by atoms with Crippen molar-refractivity contribution in [2.24, 2.45) is 28.9 Å². The Kier molecular flexibility index (Phi) is 24.4. The molecule has 75 heavy (non-hydrogen) atoms. The van der Waals surface area contributed by atoms with Crippen molar-refractivity contribution in [2.45, 2.75) is 127 Å². The normalized spacial score (nSPS) is 14.8. The van der Waals surface area contributed by atoms with Crippen molar-refractivity contribution < 1.29 is 68.1 Å². The van der Waals surface area contributed by atoms with Crippen LogP contribution in [0.1, 0.15) is 70.4 Å². The number of H-pyrrole nitrogens is 1. The van der Waals surface area contributed by atoms with Crippen molar-refractivity contribution >= 4 is 87.7 Å². The van der Waals surface area contributed by atoms with E-state index in [1.54, 1.807) is 50.6 Å². The second-order valence-corrected chi connectivity index (χ2v) is 19.2. The molecule has 10 amide bonds. The Labute approximate surface area is 435 Å². The van der Waals surface area contributed by atoms with Gasteiger partial charge >= 0.3 is 5.97 Å². The number of hydrogen-bond acceptors (Lipinski definition) is 15. The summed E-state index contributed by atoms with van der Waals surface area (Å²) in [6.07, 6.45) is -1.39. The predicted molar refractivity (Wildman–Crippen MR) is 273 cm³/mol. The first-order valence-corrected chi connectivity index (χ1v) is 25.1. The number of para-hydroxylation sites is 1. The zero-order valence-electron chi connectivity index (χ0n) is 41.9. The summed E-state index contributed by atoms with van der Waals surface area (Å²) in [7, 11) is 0. The number of aliphatic hydroxyl groups is 1. The lowest BCUT2D eigenvalue weighted by Gasteiger charge is -2.28. The van der Waals surface area contributed by atoms with Crippen LogP contribution in [0.5, 0.6) is 5.75 Å². The number of aromatic hydroxyl groups is 1. The summed E-state index contributed by atoms with van der Waals surface area (Å²) in [4.78, 5) is 148.